The molecule has 26 heavy (non-hydrogen) atoms. The van der Waals surface area contributed by atoms with Crippen molar-refractivity contribution in [3.63, 3.8) is 0 Å². The molecule has 1 amide bonds. The molecule has 0 aliphatic rings. The van der Waals surface area contributed by atoms with Crippen molar-refractivity contribution in [2.45, 2.75) is 20.3 Å². The van der Waals surface area contributed by atoms with Gasteiger partial charge < -0.3 is 14.8 Å². The Morgan fingerprint density at radius 1 is 1.27 bits per heavy atom. The molecule has 1 heterocycles. The van der Waals surface area contributed by atoms with Crippen LogP contribution in [0.1, 0.15) is 29.1 Å². The standard InChI is InChI=1S/C17H18N2O6S/c1-3-11-9-12(17(21)24-4-2)16(26-11)18-15(20)10-25-14-8-6-5-7-13(14)19(22)23/h5-9H,3-4,10H2,1-2H3,(H,18,20). The van der Waals surface area contributed by atoms with E-state index in [2.05, 4.69) is 5.32 Å². The first-order valence-corrected chi connectivity index (χ1v) is 8.73. The number of anilines is 1. The minimum atomic E-state index is -0.584. The Kier molecular flexibility index (Phi) is 6.67. The zero-order valence-electron chi connectivity index (χ0n) is 14.3. The highest BCUT2D eigenvalue weighted by atomic mass is 32.1. The summed E-state index contributed by atoms with van der Waals surface area (Å²) in [4.78, 5) is 35.4. The van der Waals surface area contributed by atoms with E-state index in [-0.39, 0.29) is 23.6 Å². The minimum absolute atomic E-state index is 0.00121. The smallest absolute Gasteiger partial charge is 0.341 e. The van der Waals surface area contributed by atoms with E-state index >= 15 is 0 Å². The molecule has 0 aliphatic carbocycles. The summed E-state index contributed by atoms with van der Waals surface area (Å²) in [6, 6.07) is 7.47. The van der Waals surface area contributed by atoms with Gasteiger partial charge in [0.2, 0.25) is 0 Å². The Morgan fingerprint density at radius 2 is 2.00 bits per heavy atom. The molecule has 0 radical (unpaired) electrons. The van der Waals surface area contributed by atoms with Crippen LogP contribution >= 0.6 is 11.3 Å². The number of nitro groups is 1. The van der Waals surface area contributed by atoms with E-state index in [0.717, 1.165) is 4.88 Å². The van der Waals surface area contributed by atoms with Crippen molar-refractivity contribution in [1.82, 2.24) is 0 Å². The number of nitro benzene ring substituents is 1. The Bertz CT molecular complexity index is 817. The monoisotopic (exact) mass is 378 g/mol. The number of nitrogens with zero attached hydrogens (tertiary/aromatic N) is 1. The van der Waals surface area contributed by atoms with Crippen LogP contribution < -0.4 is 10.1 Å². The first kappa shape index (κ1) is 19.4. The fraction of sp³-hybridized carbons (Fsp3) is 0.294. The SMILES string of the molecule is CCOC(=O)c1cc(CC)sc1NC(=O)COc1ccccc1[N+](=O)[O-]. The van der Waals surface area contributed by atoms with E-state index in [1.807, 2.05) is 6.92 Å². The number of thiophene rings is 1. The summed E-state index contributed by atoms with van der Waals surface area (Å²) in [5, 5.41) is 13.9. The van der Waals surface area contributed by atoms with Crippen LogP contribution in [-0.4, -0.2) is 30.0 Å². The van der Waals surface area contributed by atoms with Crippen molar-refractivity contribution in [2.24, 2.45) is 0 Å². The number of carbonyl (C=O) groups is 2. The predicted octanol–water partition coefficient (Wildman–Crippen LogP) is 3.41. The maximum absolute atomic E-state index is 12.1. The highest BCUT2D eigenvalue weighted by Crippen LogP contribution is 2.30. The normalized spacial score (nSPS) is 10.2. The number of carbonyl (C=O) groups excluding carboxylic acids is 2. The lowest BCUT2D eigenvalue weighted by Crippen LogP contribution is -2.21. The number of rotatable bonds is 8. The molecule has 9 heteroatoms. The van der Waals surface area contributed by atoms with Crippen molar-refractivity contribution in [3.8, 4) is 5.75 Å². The molecule has 0 unspecified atom stereocenters. The Morgan fingerprint density at radius 3 is 2.65 bits per heavy atom. The lowest BCUT2D eigenvalue weighted by molar-refractivity contribution is -0.385. The summed E-state index contributed by atoms with van der Waals surface area (Å²) in [7, 11) is 0. The molecule has 0 spiro atoms. The molecule has 0 saturated carbocycles. The van der Waals surface area contributed by atoms with Gasteiger partial charge in [-0.25, -0.2) is 4.79 Å². The summed E-state index contributed by atoms with van der Waals surface area (Å²) < 4.78 is 10.2. The molecule has 1 N–H and O–H groups in total. The summed E-state index contributed by atoms with van der Waals surface area (Å²) in [5.41, 5.74) is 0.0599. The third-order valence-electron chi connectivity index (χ3n) is 3.30. The Labute approximate surface area is 153 Å². The molecule has 2 rings (SSSR count). The van der Waals surface area contributed by atoms with Gasteiger partial charge in [0.1, 0.15) is 5.00 Å². The first-order chi connectivity index (χ1) is 12.5. The van der Waals surface area contributed by atoms with E-state index in [1.165, 1.54) is 29.5 Å². The van der Waals surface area contributed by atoms with E-state index in [9.17, 15) is 19.7 Å². The van der Waals surface area contributed by atoms with Crippen LogP contribution in [0.2, 0.25) is 0 Å². The van der Waals surface area contributed by atoms with Crippen LogP contribution in [0, 0.1) is 10.1 Å². The van der Waals surface area contributed by atoms with Crippen molar-refractivity contribution >= 4 is 33.9 Å². The predicted molar refractivity (Wildman–Crippen MR) is 96.9 cm³/mol. The second-order valence-corrected chi connectivity index (χ2v) is 6.23. The van der Waals surface area contributed by atoms with Crippen molar-refractivity contribution < 1.29 is 24.0 Å². The van der Waals surface area contributed by atoms with Crippen LogP contribution in [0.5, 0.6) is 5.75 Å². The number of esters is 1. The Balaban J connectivity index is 2.07. The maximum atomic E-state index is 12.1. The van der Waals surface area contributed by atoms with Crippen LogP contribution in [-0.2, 0) is 16.0 Å². The Hall–Kier alpha value is -2.94. The molecule has 2 aromatic rings. The van der Waals surface area contributed by atoms with Crippen molar-refractivity contribution in [1.29, 1.82) is 0 Å². The third-order valence-corrected chi connectivity index (χ3v) is 4.50. The van der Waals surface area contributed by atoms with Gasteiger partial charge in [-0.2, -0.15) is 0 Å². The molecule has 8 nitrogen and oxygen atoms in total. The van der Waals surface area contributed by atoms with Gasteiger partial charge in [0, 0.05) is 10.9 Å². The van der Waals surface area contributed by atoms with Crippen molar-refractivity contribution in [2.75, 3.05) is 18.5 Å². The van der Waals surface area contributed by atoms with E-state index in [0.29, 0.717) is 11.4 Å². The number of ether oxygens (including phenoxy) is 2. The number of hydrogen-bond donors (Lipinski definition) is 1. The highest BCUT2D eigenvalue weighted by molar-refractivity contribution is 7.16. The van der Waals surface area contributed by atoms with Gasteiger partial charge >= 0.3 is 11.7 Å². The van der Waals surface area contributed by atoms with Crippen LogP contribution in [0.4, 0.5) is 10.7 Å². The van der Waals surface area contributed by atoms with Gasteiger partial charge in [-0.05, 0) is 25.5 Å². The summed E-state index contributed by atoms with van der Waals surface area (Å²) in [6.45, 7) is 3.44. The fourth-order valence-corrected chi connectivity index (χ4v) is 3.11. The molecule has 0 aliphatic heterocycles. The van der Waals surface area contributed by atoms with E-state index in [4.69, 9.17) is 9.47 Å². The number of aryl methyl sites for hydroxylation is 1. The summed E-state index contributed by atoms with van der Waals surface area (Å²) >= 11 is 1.28. The molecule has 0 saturated heterocycles. The molecular formula is C17H18N2O6S. The third kappa shape index (κ3) is 4.79. The van der Waals surface area contributed by atoms with Gasteiger partial charge in [-0.3, -0.25) is 14.9 Å². The second kappa shape index (κ2) is 8.95. The number of para-hydroxylation sites is 2. The number of amides is 1. The quantitative estimate of drug-likeness (QED) is 0.428. The largest absolute Gasteiger partial charge is 0.477 e. The lowest BCUT2D eigenvalue weighted by atomic mass is 10.2. The lowest BCUT2D eigenvalue weighted by Gasteiger charge is -2.08. The first-order valence-electron chi connectivity index (χ1n) is 7.92. The van der Waals surface area contributed by atoms with Gasteiger partial charge in [0.15, 0.2) is 12.4 Å². The van der Waals surface area contributed by atoms with Gasteiger partial charge in [0.05, 0.1) is 17.1 Å². The van der Waals surface area contributed by atoms with E-state index in [1.54, 1.807) is 19.1 Å². The molecule has 0 bridgehead atoms. The van der Waals surface area contributed by atoms with Crippen LogP contribution in [0.25, 0.3) is 0 Å². The molecular weight excluding hydrogens is 360 g/mol. The number of nitrogens with one attached hydrogen (secondary N) is 1. The fourth-order valence-electron chi connectivity index (χ4n) is 2.11. The topological polar surface area (TPSA) is 108 Å². The summed E-state index contributed by atoms with van der Waals surface area (Å²) in [6.07, 6.45) is 0.708. The van der Waals surface area contributed by atoms with Gasteiger partial charge in [0.25, 0.3) is 5.91 Å². The van der Waals surface area contributed by atoms with Crippen molar-refractivity contribution in [3.05, 3.63) is 50.9 Å². The zero-order chi connectivity index (χ0) is 19.1. The van der Waals surface area contributed by atoms with Gasteiger partial charge in [-0.1, -0.05) is 19.1 Å². The molecule has 1 aromatic heterocycles. The molecule has 1 aromatic carbocycles. The molecule has 0 fully saturated rings. The zero-order valence-corrected chi connectivity index (χ0v) is 15.1. The van der Waals surface area contributed by atoms with Gasteiger partial charge in [-0.15, -0.1) is 11.3 Å². The second-order valence-electron chi connectivity index (χ2n) is 5.09. The average molecular weight is 378 g/mol. The number of hydrogen-bond acceptors (Lipinski definition) is 7. The minimum Gasteiger partial charge on any atom is -0.477 e. The number of benzene rings is 1. The average Bonchev–Trinajstić information content (AvgIpc) is 3.03. The summed E-state index contributed by atoms with van der Waals surface area (Å²) in [5.74, 6) is -1.05. The van der Waals surface area contributed by atoms with Crippen LogP contribution in [0.15, 0.2) is 30.3 Å². The highest BCUT2D eigenvalue weighted by Gasteiger charge is 2.20. The molecule has 138 valence electrons. The van der Waals surface area contributed by atoms with Crippen LogP contribution in [0.3, 0.4) is 0 Å². The van der Waals surface area contributed by atoms with E-state index < -0.39 is 23.4 Å². The maximum Gasteiger partial charge on any atom is 0.341 e. The molecule has 0 atom stereocenters.